The van der Waals surface area contributed by atoms with Gasteiger partial charge in [0, 0.05) is 30.5 Å². The van der Waals surface area contributed by atoms with Crippen LogP contribution in [0.5, 0.6) is 0 Å². The highest BCUT2D eigenvalue weighted by molar-refractivity contribution is 7.15. The van der Waals surface area contributed by atoms with Crippen LogP contribution in [0.2, 0.25) is 0 Å². The average molecular weight is 254 g/mol. The predicted octanol–water partition coefficient (Wildman–Crippen LogP) is 2.77. The summed E-state index contributed by atoms with van der Waals surface area (Å²) < 4.78 is 0. The molecule has 0 fully saturated rings. The number of hydrogen-bond donors (Lipinski definition) is 1. The van der Waals surface area contributed by atoms with Gasteiger partial charge in [-0.1, -0.05) is 25.2 Å². The van der Waals surface area contributed by atoms with Crippen LogP contribution < -0.4 is 5.32 Å². The number of hydrogen-bond acceptors (Lipinski definition) is 6. The lowest BCUT2D eigenvalue weighted by Crippen LogP contribution is -2.04. The van der Waals surface area contributed by atoms with E-state index in [0.29, 0.717) is 5.92 Å². The number of rotatable bonds is 5. The summed E-state index contributed by atoms with van der Waals surface area (Å²) in [7, 11) is 0. The Hall–Kier alpha value is -1.01. The summed E-state index contributed by atoms with van der Waals surface area (Å²) in [5.74, 6) is 0.451. The number of thiazole rings is 1. The molecule has 2 rings (SSSR count). The number of aromatic nitrogens is 3. The van der Waals surface area contributed by atoms with Crippen molar-refractivity contribution in [2.45, 2.75) is 26.2 Å². The van der Waals surface area contributed by atoms with E-state index in [4.69, 9.17) is 0 Å². The maximum atomic E-state index is 4.23. The van der Waals surface area contributed by atoms with Gasteiger partial charge in [-0.05, 0) is 0 Å². The quantitative estimate of drug-likeness (QED) is 0.891. The van der Waals surface area contributed by atoms with Crippen LogP contribution in [0.3, 0.4) is 0 Å². The van der Waals surface area contributed by atoms with E-state index >= 15 is 0 Å². The van der Waals surface area contributed by atoms with Crippen molar-refractivity contribution < 1.29 is 0 Å². The minimum absolute atomic E-state index is 0.451. The normalized spacial score (nSPS) is 10.9. The molecule has 4 nitrogen and oxygen atoms in total. The summed E-state index contributed by atoms with van der Waals surface area (Å²) in [6, 6.07) is 0. The summed E-state index contributed by atoms with van der Waals surface area (Å²) in [4.78, 5) is 4.23. The van der Waals surface area contributed by atoms with Crippen molar-refractivity contribution in [2.75, 3.05) is 11.9 Å². The first-order chi connectivity index (χ1) is 7.75. The van der Waals surface area contributed by atoms with E-state index in [1.165, 1.54) is 0 Å². The summed E-state index contributed by atoms with van der Waals surface area (Å²) >= 11 is 3.31. The molecule has 86 valence electrons. The van der Waals surface area contributed by atoms with Crippen molar-refractivity contribution in [1.29, 1.82) is 0 Å². The molecule has 2 aromatic heterocycles. The van der Waals surface area contributed by atoms with Crippen molar-refractivity contribution in [3.8, 4) is 0 Å². The van der Waals surface area contributed by atoms with Gasteiger partial charge >= 0.3 is 0 Å². The van der Waals surface area contributed by atoms with E-state index < -0.39 is 0 Å². The molecular formula is C10H14N4S2. The molecule has 0 unspecified atom stereocenters. The fraction of sp³-hybridized carbons (Fsp3) is 0.500. The first-order valence-electron chi connectivity index (χ1n) is 5.21. The third-order valence-corrected chi connectivity index (χ3v) is 4.05. The molecule has 0 aliphatic heterocycles. The zero-order chi connectivity index (χ0) is 11.4. The summed E-state index contributed by atoms with van der Waals surface area (Å²) in [6.07, 6.45) is 2.77. The monoisotopic (exact) mass is 254 g/mol. The van der Waals surface area contributed by atoms with E-state index in [0.717, 1.165) is 28.1 Å². The largest absolute Gasteiger partial charge is 0.360 e. The second-order valence-electron chi connectivity index (χ2n) is 3.70. The van der Waals surface area contributed by atoms with Crippen LogP contribution in [-0.4, -0.2) is 21.7 Å². The molecule has 2 heterocycles. The highest BCUT2D eigenvalue weighted by atomic mass is 32.1. The Kier molecular flexibility index (Phi) is 3.84. The van der Waals surface area contributed by atoms with Crippen LogP contribution >= 0.6 is 22.7 Å². The molecule has 0 saturated carbocycles. The maximum Gasteiger partial charge on any atom is 0.205 e. The van der Waals surface area contributed by atoms with E-state index in [9.17, 15) is 0 Å². The SMILES string of the molecule is CC(C)c1nnc(NCCc2nccs2)s1. The predicted molar refractivity (Wildman–Crippen MR) is 68.3 cm³/mol. The van der Waals surface area contributed by atoms with Gasteiger partial charge in [-0.15, -0.1) is 21.5 Å². The Bertz CT molecular complexity index is 422. The van der Waals surface area contributed by atoms with Gasteiger partial charge in [-0.3, -0.25) is 0 Å². The molecule has 16 heavy (non-hydrogen) atoms. The topological polar surface area (TPSA) is 50.7 Å². The van der Waals surface area contributed by atoms with Crippen LogP contribution in [0, 0.1) is 0 Å². The van der Waals surface area contributed by atoms with Crippen molar-refractivity contribution in [3.63, 3.8) is 0 Å². The smallest absolute Gasteiger partial charge is 0.205 e. The third-order valence-electron chi connectivity index (χ3n) is 2.03. The van der Waals surface area contributed by atoms with Crippen molar-refractivity contribution in [3.05, 3.63) is 21.6 Å². The van der Waals surface area contributed by atoms with E-state index in [1.54, 1.807) is 22.7 Å². The number of nitrogens with zero attached hydrogens (tertiary/aromatic N) is 3. The average Bonchev–Trinajstić information content (AvgIpc) is 2.87. The third kappa shape index (κ3) is 2.99. The van der Waals surface area contributed by atoms with E-state index in [1.807, 2.05) is 11.6 Å². The zero-order valence-corrected chi connectivity index (χ0v) is 10.9. The highest BCUT2D eigenvalue weighted by Gasteiger charge is 2.06. The summed E-state index contributed by atoms with van der Waals surface area (Å²) in [5, 5.41) is 16.6. The molecule has 6 heteroatoms. The van der Waals surface area contributed by atoms with Gasteiger partial charge in [0.2, 0.25) is 5.13 Å². The van der Waals surface area contributed by atoms with Crippen molar-refractivity contribution in [1.82, 2.24) is 15.2 Å². The highest BCUT2D eigenvalue weighted by Crippen LogP contribution is 2.22. The molecule has 0 aliphatic carbocycles. The molecule has 0 aromatic carbocycles. The van der Waals surface area contributed by atoms with Gasteiger partial charge in [0.15, 0.2) is 0 Å². The van der Waals surface area contributed by atoms with Crippen LogP contribution in [0.4, 0.5) is 5.13 Å². The molecular weight excluding hydrogens is 240 g/mol. The van der Waals surface area contributed by atoms with Gasteiger partial charge in [-0.25, -0.2) is 4.98 Å². The molecule has 0 aliphatic rings. The Morgan fingerprint density at radius 2 is 2.25 bits per heavy atom. The second kappa shape index (κ2) is 5.36. The first kappa shape index (κ1) is 11.5. The molecule has 0 bridgehead atoms. The van der Waals surface area contributed by atoms with Gasteiger partial charge in [-0.2, -0.15) is 0 Å². The first-order valence-corrected chi connectivity index (χ1v) is 6.91. The Labute approximate surface area is 103 Å². The van der Waals surface area contributed by atoms with Gasteiger partial charge in [0.25, 0.3) is 0 Å². The fourth-order valence-electron chi connectivity index (χ4n) is 1.19. The van der Waals surface area contributed by atoms with Crippen molar-refractivity contribution >= 4 is 27.8 Å². The lowest BCUT2D eigenvalue weighted by molar-refractivity contribution is 0.824. The van der Waals surface area contributed by atoms with Crippen LogP contribution in [0.15, 0.2) is 11.6 Å². The standard InChI is InChI=1S/C10H14N4S2/c1-7(2)9-13-14-10(16-9)12-4-3-8-11-5-6-15-8/h5-7H,3-4H2,1-2H3,(H,12,14). The molecule has 0 atom stereocenters. The van der Waals surface area contributed by atoms with E-state index in [2.05, 4.69) is 34.3 Å². The Morgan fingerprint density at radius 1 is 1.38 bits per heavy atom. The summed E-state index contributed by atoms with van der Waals surface area (Å²) in [6.45, 7) is 5.11. The molecule has 0 amide bonds. The Morgan fingerprint density at radius 3 is 2.88 bits per heavy atom. The van der Waals surface area contributed by atoms with Crippen LogP contribution in [-0.2, 0) is 6.42 Å². The zero-order valence-electron chi connectivity index (χ0n) is 9.30. The van der Waals surface area contributed by atoms with E-state index in [-0.39, 0.29) is 0 Å². The Balaban J connectivity index is 1.81. The van der Waals surface area contributed by atoms with Gasteiger partial charge in [0.05, 0.1) is 5.01 Å². The minimum atomic E-state index is 0.451. The maximum absolute atomic E-state index is 4.23. The fourth-order valence-corrected chi connectivity index (χ4v) is 2.58. The number of nitrogens with one attached hydrogen (secondary N) is 1. The summed E-state index contributed by atoms with van der Waals surface area (Å²) in [5.41, 5.74) is 0. The van der Waals surface area contributed by atoms with Crippen molar-refractivity contribution in [2.24, 2.45) is 0 Å². The number of anilines is 1. The molecule has 0 spiro atoms. The molecule has 0 radical (unpaired) electrons. The molecule has 0 saturated heterocycles. The lowest BCUT2D eigenvalue weighted by Gasteiger charge is -1.98. The van der Waals surface area contributed by atoms with Crippen LogP contribution in [0.25, 0.3) is 0 Å². The molecule has 1 N–H and O–H groups in total. The minimum Gasteiger partial charge on any atom is -0.360 e. The second-order valence-corrected chi connectivity index (χ2v) is 5.69. The van der Waals surface area contributed by atoms with Gasteiger partial charge in [0.1, 0.15) is 5.01 Å². The van der Waals surface area contributed by atoms with Gasteiger partial charge < -0.3 is 5.32 Å². The van der Waals surface area contributed by atoms with Crippen LogP contribution in [0.1, 0.15) is 29.8 Å². The lowest BCUT2D eigenvalue weighted by atomic mass is 10.2. The molecule has 2 aromatic rings.